The third-order valence-electron chi connectivity index (χ3n) is 3.97. The maximum atomic E-state index is 5.66. The molecule has 3 rings (SSSR count). The second kappa shape index (κ2) is 5.71. The Morgan fingerprint density at radius 1 is 1.16 bits per heavy atom. The summed E-state index contributed by atoms with van der Waals surface area (Å²) in [6, 6.07) is 6.26. The van der Waals surface area contributed by atoms with Crippen molar-refractivity contribution in [3.05, 3.63) is 23.8 Å². The lowest BCUT2D eigenvalue weighted by Crippen LogP contribution is -2.28. The summed E-state index contributed by atoms with van der Waals surface area (Å²) in [5.41, 5.74) is 1.27. The summed E-state index contributed by atoms with van der Waals surface area (Å²) in [6.07, 6.45) is 1.10. The highest BCUT2D eigenvalue weighted by Crippen LogP contribution is 2.42. The molecule has 1 fully saturated rings. The van der Waals surface area contributed by atoms with Crippen LogP contribution in [0.5, 0.6) is 11.5 Å². The minimum absolute atomic E-state index is 0.349. The molecule has 2 aliphatic rings. The number of alkyl halides is 1. The molecule has 0 aromatic heterocycles. The Morgan fingerprint density at radius 3 is 2.74 bits per heavy atom. The Labute approximate surface area is 122 Å². The minimum atomic E-state index is 0.349. The summed E-state index contributed by atoms with van der Waals surface area (Å²) >= 11 is 3.86. The molecule has 1 saturated heterocycles. The van der Waals surface area contributed by atoms with E-state index in [-0.39, 0.29) is 0 Å². The smallest absolute Gasteiger partial charge is 0.161 e. The Hall–Kier alpha value is -0.740. The number of fused-ring (bicyclic) bond motifs is 1. The maximum absolute atomic E-state index is 5.66. The molecule has 2 heterocycles. The second-order valence-corrected chi connectivity index (χ2v) is 6.30. The van der Waals surface area contributed by atoms with Crippen molar-refractivity contribution in [1.82, 2.24) is 0 Å². The van der Waals surface area contributed by atoms with E-state index in [0.717, 1.165) is 31.1 Å². The van der Waals surface area contributed by atoms with E-state index in [1.807, 2.05) is 6.07 Å². The van der Waals surface area contributed by atoms with Crippen molar-refractivity contribution < 1.29 is 14.2 Å². The zero-order valence-electron chi connectivity index (χ0n) is 11.1. The highest BCUT2D eigenvalue weighted by atomic mass is 79.9. The van der Waals surface area contributed by atoms with Crippen molar-refractivity contribution in [2.24, 2.45) is 11.8 Å². The number of hydrogen-bond acceptors (Lipinski definition) is 3. The van der Waals surface area contributed by atoms with Gasteiger partial charge in [-0.2, -0.15) is 0 Å². The van der Waals surface area contributed by atoms with Crippen LogP contribution >= 0.6 is 15.9 Å². The predicted octanol–water partition coefficient (Wildman–Crippen LogP) is 3.57. The number of rotatable bonds is 2. The lowest BCUT2D eigenvalue weighted by Gasteiger charge is -2.33. The number of benzene rings is 1. The van der Waals surface area contributed by atoms with Gasteiger partial charge >= 0.3 is 0 Å². The van der Waals surface area contributed by atoms with E-state index in [0.29, 0.717) is 29.9 Å². The number of hydrogen-bond donors (Lipinski definition) is 0. The largest absolute Gasteiger partial charge is 0.486 e. The summed E-state index contributed by atoms with van der Waals surface area (Å²) in [5, 5.41) is 0. The number of halogens is 1. The molecule has 0 aliphatic carbocycles. The fraction of sp³-hybridized carbons (Fsp3) is 0.600. The van der Waals surface area contributed by atoms with Gasteiger partial charge in [-0.15, -0.1) is 0 Å². The predicted molar refractivity (Wildman–Crippen MR) is 77.2 cm³/mol. The van der Waals surface area contributed by atoms with Crippen LogP contribution in [0.25, 0.3) is 0 Å². The van der Waals surface area contributed by atoms with Gasteiger partial charge in [-0.1, -0.05) is 28.9 Å². The van der Waals surface area contributed by atoms with Crippen LogP contribution in [0, 0.1) is 11.8 Å². The van der Waals surface area contributed by atoms with E-state index in [1.54, 1.807) is 0 Å². The lowest BCUT2D eigenvalue weighted by molar-refractivity contribution is 0.0240. The van der Waals surface area contributed by atoms with Crippen molar-refractivity contribution in [1.29, 1.82) is 0 Å². The van der Waals surface area contributed by atoms with Gasteiger partial charge in [-0.05, 0) is 36.0 Å². The molecule has 0 amide bonds. The summed E-state index contributed by atoms with van der Waals surface area (Å²) in [6.45, 7) is 5.26. The third kappa shape index (κ3) is 2.75. The molecule has 19 heavy (non-hydrogen) atoms. The molecule has 1 aromatic carbocycles. The van der Waals surface area contributed by atoms with Crippen LogP contribution in [-0.4, -0.2) is 26.4 Å². The van der Waals surface area contributed by atoms with Crippen LogP contribution in [0.2, 0.25) is 0 Å². The van der Waals surface area contributed by atoms with Crippen LogP contribution in [0.15, 0.2) is 18.2 Å². The van der Waals surface area contributed by atoms with Gasteiger partial charge in [0.1, 0.15) is 13.2 Å². The first-order chi connectivity index (χ1) is 9.25. The van der Waals surface area contributed by atoms with E-state index in [4.69, 9.17) is 14.2 Å². The molecule has 104 valence electrons. The third-order valence-corrected chi connectivity index (χ3v) is 5.18. The zero-order chi connectivity index (χ0) is 13.2. The molecule has 1 aromatic rings. The van der Waals surface area contributed by atoms with Crippen LogP contribution in [-0.2, 0) is 4.74 Å². The van der Waals surface area contributed by atoms with Crippen molar-refractivity contribution in [2.75, 3.05) is 26.4 Å². The highest BCUT2D eigenvalue weighted by molar-refractivity contribution is 9.09. The topological polar surface area (TPSA) is 27.7 Å². The molecule has 0 spiro atoms. The van der Waals surface area contributed by atoms with Crippen LogP contribution in [0.1, 0.15) is 23.7 Å². The van der Waals surface area contributed by atoms with Crippen LogP contribution in [0.3, 0.4) is 0 Å². The average Bonchev–Trinajstić information content (AvgIpc) is 2.46. The van der Waals surface area contributed by atoms with Crippen LogP contribution < -0.4 is 9.47 Å². The molecule has 0 bridgehead atoms. The normalized spacial score (nSPS) is 27.9. The Bertz CT molecular complexity index is 449. The van der Waals surface area contributed by atoms with Crippen molar-refractivity contribution in [3.63, 3.8) is 0 Å². The van der Waals surface area contributed by atoms with E-state index in [2.05, 4.69) is 35.0 Å². The van der Waals surface area contributed by atoms with E-state index in [9.17, 15) is 0 Å². The zero-order valence-corrected chi connectivity index (χ0v) is 12.7. The first-order valence-corrected chi connectivity index (χ1v) is 7.78. The van der Waals surface area contributed by atoms with Gasteiger partial charge in [0.15, 0.2) is 11.5 Å². The fourth-order valence-corrected chi connectivity index (χ4v) is 3.88. The molecule has 2 aliphatic heterocycles. The van der Waals surface area contributed by atoms with Gasteiger partial charge in [-0.3, -0.25) is 0 Å². The molecular weight excluding hydrogens is 308 g/mol. The first kappa shape index (κ1) is 13.3. The maximum Gasteiger partial charge on any atom is 0.161 e. The minimum Gasteiger partial charge on any atom is -0.486 e. The molecule has 3 unspecified atom stereocenters. The molecule has 0 radical (unpaired) electrons. The molecule has 3 nitrogen and oxygen atoms in total. The standard InChI is InChI=1S/C15H19BrO3/c1-10-9-17-5-4-12(10)15(16)11-2-3-13-14(8-11)19-7-6-18-13/h2-3,8,10,12,15H,4-7,9H2,1H3. The fourth-order valence-electron chi connectivity index (χ4n) is 2.81. The van der Waals surface area contributed by atoms with Gasteiger partial charge in [-0.25, -0.2) is 0 Å². The van der Waals surface area contributed by atoms with Crippen molar-refractivity contribution in [3.8, 4) is 11.5 Å². The summed E-state index contributed by atoms with van der Waals surface area (Å²) in [5.74, 6) is 2.91. The highest BCUT2D eigenvalue weighted by Gasteiger charge is 2.29. The van der Waals surface area contributed by atoms with Gasteiger partial charge < -0.3 is 14.2 Å². The van der Waals surface area contributed by atoms with E-state index in [1.165, 1.54) is 5.56 Å². The van der Waals surface area contributed by atoms with Gasteiger partial charge in [0, 0.05) is 18.0 Å². The average molecular weight is 327 g/mol. The van der Waals surface area contributed by atoms with Gasteiger partial charge in [0.05, 0.1) is 0 Å². The molecular formula is C15H19BrO3. The molecule has 0 saturated carbocycles. The first-order valence-electron chi connectivity index (χ1n) is 6.87. The van der Waals surface area contributed by atoms with Crippen molar-refractivity contribution >= 4 is 15.9 Å². The monoisotopic (exact) mass is 326 g/mol. The Balaban J connectivity index is 1.80. The molecule has 4 heteroatoms. The summed E-state index contributed by atoms with van der Waals surface area (Å²) < 4.78 is 16.7. The van der Waals surface area contributed by atoms with E-state index < -0.39 is 0 Å². The quantitative estimate of drug-likeness (QED) is 0.778. The molecule has 0 N–H and O–H groups in total. The van der Waals surface area contributed by atoms with E-state index >= 15 is 0 Å². The summed E-state index contributed by atoms with van der Waals surface area (Å²) in [4.78, 5) is 0.349. The second-order valence-electron chi connectivity index (χ2n) is 5.31. The Morgan fingerprint density at radius 2 is 1.95 bits per heavy atom. The molecule has 3 atom stereocenters. The van der Waals surface area contributed by atoms with Crippen molar-refractivity contribution in [2.45, 2.75) is 18.2 Å². The van der Waals surface area contributed by atoms with Gasteiger partial charge in [0.25, 0.3) is 0 Å². The Kier molecular flexibility index (Phi) is 3.99. The lowest BCUT2D eigenvalue weighted by atomic mass is 9.84. The SMILES string of the molecule is CC1COCCC1C(Br)c1ccc2c(c1)OCCO2. The van der Waals surface area contributed by atoms with Gasteiger partial charge in [0.2, 0.25) is 0 Å². The van der Waals surface area contributed by atoms with Crippen LogP contribution in [0.4, 0.5) is 0 Å². The summed E-state index contributed by atoms with van der Waals surface area (Å²) in [7, 11) is 0. The number of ether oxygens (including phenoxy) is 3.